The summed E-state index contributed by atoms with van der Waals surface area (Å²) in [7, 11) is 0. The third kappa shape index (κ3) is 5.77. The molecule has 0 radical (unpaired) electrons. The summed E-state index contributed by atoms with van der Waals surface area (Å²) < 4.78 is 26.0. The summed E-state index contributed by atoms with van der Waals surface area (Å²) in [5.41, 5.74) is 4.27. The fourth-order valence-electron chi connectivity index (χ4n) is 5.22. The minimum atomic E-state index is -0.540. The van der Waals surface area contributed by atoms with E-state index in [2.05, 4.69) is 29.0 Å². The summed E-state index contributed by atoms with van der Waals surface area (Å²) >= 11 is 0. The van der Waals surface area contributed by atoms with Gasteiger partial charge < -0.3 is 14.4 Å². The maximum atomic E-state index is 13.8. The lowest BCUT2D eigenvalue weighted by atomic mass is 9.73. The van der Waals surface area contributed by atoms with Crippen molar-refractivity contribution in [3.63, 3.8) is 0 Å². The number of hydrogen-bond acceptors (Lipinski definition) is 5. The molecule has 196 valence electrons. The molecule has 1 saturated carbocycles. The van der Waals surface area contributed by atoms with Gasteiger partial charge in [0.2, 0.25) is 0 Å². The van der Waals surface area contributed by atoms with Gasteiger partial charge in [-0.3, -0.25) is 9.97 Å². The molecule has 1 saturated heterocycles. The summed E-state index contributed by atoms with van der Waals surface area (Å²) in [4.78, 5) is 23.6. The molecule has 37 heavy (non-hydrogen) atoms. The van der Waals surface area contributed by atoms with Gasteiger partial charge in [0.05, 0.1) is 23.7 Å². The van der Waals surface area contributed by atoms with Crippen LogP contribution in [0.4, 0.5) is 9.18 Å². The predicted octanol–water partition coefficient (Wildman–Crippen LogP) is 6.69. The molecule has 6 nitrogen and oxygen atoms in total. The number of hydrogen-bond donors (Lipinski definition) is 0. The molecule has 3 aromatic rings. The Morgan fingerprint density at radius 3 is 2.43 bits per heavy atom. The van der Waals surface area contributed by atoms with E-state index in [0.717, 1.165) is 22.2 Å². The van der Waals surface area contributed by atoms with Crippen molar-refractivity contribution in [2.45, 2.75) is 76.4 Å². The van der Waals surface area contributed by atoms with Crippen molar-refractivity contribution in [2.24, 2.45) is 0 Å². The summed E-state index contributed by atoms with van der Waals surface area (Å²) in [5, 5.41) is 0. The van der Waals surface area contributed by atoms with E-state index in [0.29, 0.717) is 38.5 Å². The van der Waals surface area contributed by atoms with Gasteiger partial charge in [0.25, 0.3) is 0 Å². The number of nitrogens with zero attached hydrogens (tertiary/aromatic N) is 3. The van der Waals surface area contributed by atoms with Crippen molar-refractivity contribution in [2.75, 3.05) is 19.7 Å². The average molecular weight is 506 g/mol. The second-order valence-electron chi connectivity index (χ2n) is 11.5. The van der Waals surface area contributed by atoms with Crippen LogP contribution in [0.1, 0.15) is 82.1 Å². The van der Waals surface area contributed by atoms with Crippen LogP contribution in [0, 0.1) is 5.82 Å². The number of likely N-dealkylation sites (tertiary alicyclic amines) is 1. The summed E-state index contributed by atoms with van der Waals surface area (Å²) in [5.74, 6) is 0.335. The van der Waals surface area contributed by atoms with E-state index < -0.39 is 5.60 Å². The van der Waals surface area contributed by atoms with E-state index >= 15 is 0 Å². The van der Waals surface area contributed by atoms with E-state index in [1.807, 2.05) is 32.9 Å². The van der Waals surface area contributed by atoms with Gasteiger partial charge in [-0.25, -0.2) is 9.18 Å². The Hall–Kier alpha value is -3.06. The van der Waals surface area contributed by atoms with E-state index in [4.69, 9.17) is 9.47 Å². The highest BCUT2D eigenvalue weighted by Crippen LogP contribution is 2.43. The number of piperidine rings is 1. The topological polar surface area (TPSA) is 64.5 Å². The van der Waals surface area contributed by atoms with E-state index in [1.54, 1.807) is 17.3 Å². The predicted molar refractivity (Wildman–Crippen MR) is 141 cm³/mol. The Morgan fingerprint density at radius 2 is 1.78 bits per heavy atom. The number of ether oxygens (including phenoxy) is 2. The highest BCUT2D eigenvalue weighted by molar-refractivity contribution is 5.79. The van der Waals surface area contributed by atoms with Gasteiger partial charge in [-0.05, 0) is 88.6 Å². The third-order valence-corrected chi connectivity index (χ3v) is 7.55. The standard InChI is InChI=1S/C30H36FN3O3/c1-20(25-17-22(21-5-6-21)18-26-27(25)33-14-13-32-26)36-19-30(23-7-9-24(31)10-8-23)11-15-34(16-12-30)28(35)37-29(2,3)4/h7-10,13-14,17-18,20-21H,5-6,11-12,15-16,19H2,1-4H3. The molecule has 2 fully saturated rings. The van der Waals surface area contributed by atoms with Crippen molar-refractivity contribution in [3.8, 4) is 0 Å². The molecule has 1 unspecified atom stereocenters. The molecule has 1 aliphatic heterocycles. The van der Waals surface area contributed by atoms with E-state index in [-0.39, 0.29) is 23.4 Å². The first-order valence-electron chi connectivity index (χ1n) is 13.2. The zero-order valence-electron chi connectivity index (χ0n) is 22.2. The highest BCUT2D eigenvalue weighted by atomic mass is 19.1. The largest absolute Gasteiger partial charge is 0.444 e. The van der Waals surface area contributed by atoms with Crippen LogP contribution in [-0.4, -0.2) is 46.3 Å². The van der Waals surface area contributed by atoms with Crippen molar-refractivity contribution in [1.29, 1.82) is 0 Å². The number of amides is 1. The van der Waals surface area contributed by atoms with Crippen LogP contribution >= 0.6 is 0 Å². The van der Waals surface area contributed by atoms with Gasteiger partial charge in [0, 0.05) is 36.5 Å². The fraction of sp³-hybridized carbons (Fsp3) is 0.500. The van der Waals surface area contributed by atoms with Crippen molar-refractivity contribution < 1.29 is 18.7 Å². The Kier molecular flexibility index (Phi) is 6.92. The Labute approximate surface area is 218 Å². The molecule has 2 aliphatic rings. The first-order valence-corrected chi connectivity index (χ1v) is 13.2. The summed E-state index contributed by atoms with van der Waals surface area (Å²) in [6, 6.07) is 11.1. The number of aromatic nitrogens is 2. The van der Waals surface area contributed by atoms with Crippen LogP contribution in [0.5, 0.6) is 0 Å². The van der Waals surface area contributed by atoms with Gasteiger partial charge in [0.15, 0.2) is 0 Å². The first-order chi connectivity index (χ1) is 17.6. The molecule has 2 aromatic carbocycles. The Balaban J connectivity index is 1.37. The van der Waals surface area contributed by atoms with Crippen LogP contribution < -0.4 is 0 Å². The zero-order valence-corrected chi connectivity index (χ0v) is 22.2. The Bertz CT molecular complexity index is 1260. The molecule has 2 heterocycles. The molecule has 1 aromatic heterocycles. The minimum absolute atomic E-state index is 0.195. The smallest absolute Gasteiger partial charge is 0.410 e. The number of benzene rings is 2. The molecule has 0 bridgehead atoms. The van der Waals surface area contributed by atoms with Gasteiger partial charge in [-0.15, -0.1) is 0 Å². The van der Waals surface area contributed by atoms with Crippen LogP contribution in [0.15, 0.2) is 48.8 Å². The quantitative estimate of drug-likeness (QED) is 0.373. The lowest BCUT2D eigenvalue weighted by molar-refractivity contribution is -0.00935. The van der Waals surface area contributed by atoms with Crippen LogP contribution in [0.25, 0.3) is 11.0 Å². The normalized spacial score (nSPS) is 18.6. The second-order valence-corrected chi connectivity index (χ2v) is 11.5. The van der Waals surface area contributed by atoms with Gasteiger partial charge >= 0.3 is 6.09 Å². The molecule has 1 amide bonds. The second kappa shape index (κ2) is 10.0. The number of rotatable bonds is 6. The fourth-order valence-corrected chi connectivity index (χ4v) is 5.22. The average Bonchev–Trinajstić information content (AvgIpc) is 3.72. The first kappa shape index (κ1) is 25.6. The minimum Gasteiger partial charge on any atom is -0.444 e. The lowest BCUT2D eigenvalue weighted by Gasteiger charge is -2.42. The van der Waals surface area contributed by atoms with Gasteiger partial charge in [-0.1, -0.05) is 18.2 Å². The molecule has 0 spiro atoms. The van der Waals surface area contributed by atoms with Crippen molar-refractivity contribution >= 4 is 17.1 Å². The van der Waals surface area contributed by atoms with Gasteiger partial charge in [-0.2, -0.15) is 0 Å². The Morgan fingerprint density at radius 1 is 1.11 bits per heavy atom. The number of fused-ring (bicyclic) bond motifs is 1. The van der Waals surface area contributed by atoms with E-state index in [9.17, 15) is 9.18 Å². The zero-order chi connectivity index (χ0) is 26.2. The molecular weight excluding hydrogens is 469 g/mol. The maximum absolute atomic E-state index is 13.8. The van der Waals surface area contributed by atoms with E-state index in [1.165, 1.54) is 30.5 Å². The highest BCUT2D eigenvalue weighted by Gasteiger charge is 2.39. The SMILES string of the molecule is CC(OCC1(c2ccc(F)cc2)CCN(C(=O)OC(C)(C)C)CC1)c1cc(C2CC2)cc2nccnc12. The van der Waals surface area contributed by atoms with Crippen molar-refractivity contribution in [1.82, 2.24) is 14.9 Å². The van der Waals surface area contributed by atoms with Crippen LogP contribution in [0.2, 0.25) is 0 Å². The van der Waals surface area contributed by atoms with Gasteiger partial charge in [0.1, 0.15) is 11.4 Å². The molecule has 1 atom stereocenters. The summed E-state index contributed by atoms with van der Waals surface area (Å²) in [6.07, 6.45) is 6.79. The third-order valence-electron chi connectivity index (χ3n) is 7.55. The molecular formula is C30H36FN3O3. The number of carbonyl (C=O) groups excluding carboxylic acids is 1. The van der Waals surface area contributed by atoms with Crippen LogP contribution in [-0.2, 0) is 14.9 Å². The monoisotopic (exact) mass is 505 g/mol. The molecule has 0 N–H and O–H groups in total. The lowest BCUT2D eigenvalue weighted by Crippen LogP contribution is -2.48. The number of carbonyl (C=O) groups is 1. The van der Waals surface area contributed by atoms with Crippen molar-refractivity contribution in [3.05, 3.63) is 71.3 Å². The summed E-state index contributed by atoms with van der Waals surface area (Å²) in [6.45, 7) is 9.24. The number of halogens is 1. The molecule has 5 rings (SSSR count). The molecule has 1 aliphatic carbocycles. The van der Waals surface area contributed by atoms with Crippen LogP contribution in [0.3, 0.4) is 0 Å². The maximum Gasteiger partial charge on any atom is 0.410 e. The molecule has 7 heteroatoms.